The van der Waals surface area contributed by atoms with Crippen LogP contribution in [0, 0.1) is 20.8 Å². The summed E-state index contributed by atoms with van der Waals surface area (Å²) >= 11 is 0. The molecule has 0 saturated carbocycles. The molecule has 0 spiro atoms. The predicted octanol–water partition coefficient (Wildman–Crippen LogP) is 2.87. The summed E-state index contributed by atoms with van der Waals surface area (Å²) in [5.74, 6) is 0. The zero-order chi connectivity index (χ0) is 25.4. The van der Waals surface area contributed by atoms with E-state index in [1.807, 2.05) is 54.6 Å². The molecule has 0 radical (unpaired) electrons. The number of aryl methyl sites for hydroxylation is 3. The van der Waals surface area contributed by atoms with Gasteiger partial charge >= 0.3 is 58.5 Å². The van der Waals surface area contributed by atoms with E-state index in [0.29, 0.717) is 0 Å². The van der Waals surface area contributed by atoms with E-state index in [1.54, 1.807) is 0 Å². The number of hydrogen-bond acceptors (Lipinski definition) is 3. The van der Waals surface area contributed by atoms with Crippen molar-refractivity contribution >= 4 is 7.12 Å². The minimum absolute atomic E-state index is 0. The third-order valence-corrected chi connectivity index (χ3v) is 6.96. The quantitative estimate of drug-likeness (QED) is 0.316. The first-order chi connectivity index (χ1) is 18.1. The first-order valence-electron chi connectivity index (χ1n) is 12.6. The number of aromatic nitrogens is 6. The van der Waals surface area contributed by atoms with Crippen molar-refractivity contribution in [3.63, 3.8) is 0 Å². The van der Waals surface area contributed by atoms with E-state index in [4.69, 9.17) is 15.3 Å². The number of hydrogen-bond donors (Lipinski definition) is 0. The van der Waals surface area contributed by atoms with E-state index >= 15 is 0 Å². The van der Waals surface area contributed by atoms with E-state index in [1.165, 1.54) is 0 Å². The second-order valence-corrected chi connectivity index (χ2v) is 9.53. The fraction of sp³-hybridized carbons (Fsp3) is 0.100. The molecule has 6 nitrogen and oxygen atoms in total. The van der Waals surface area contributed by atoms with Crippen molar-refractivity contribution in [3.05, 3.63) is 126 Å². The average Bonchev–Trinajstić information content (AvgIpc) is 3.64. The molecule has 0 aliphatic carbocycles. The normalized spacial score (nSPS) is 11.1. The van der Waals surface area contributed by atoms with E-state index in [0.717, 1.165) is 50.9 Å². The Morgan fingerprint density at radius 1 is 0.447 bits per heavy atom. The minimum atomic E-state index is -1.55. The molecule has 0 saturated heterocycles. The third kappa shape index (κ3) is 5.15. The van der Waals surface area contributed by atoms with Crippen molar-refractivity contribution in [1.82, 2.24) is 29.1 Å². The van der Waals surface area contributed by atoms with Gasteiger partial charge in [0.1, 0.15) is 0 Å². The van der Waals surface area contributed by atoms with Gasteiger partial charge in [0.2, 0.25) is 0 Å². The Labute approximate surface area is 265 Å². The van der Waals surface area contributed by atoms with Crippen LogP contribution in [0.15, 0.2) is 109 Å². The zero-order valence-electron chi connectivity index (χ0n) is 22.3. The van der Waals surface area contributed by atoms with Crippen LogP contribution in [0.4, 0.5) is 0 Å². The first kappa shape index (κ1) is 26.6. The van der Waals surface area contributed by atoms with Crippen LogP contribution in [0.5, 0.6) is 0 Å². The molecule has 0 aliphatic heterocycles. The standard InChI is InChI=1S/C30H28BN6.K/c1-22-19-28(25-13-7-4-8-14-25)32-35(22)31(36-23(2)20-29(33-36)26-15-9-5-10-16-26)37-24(3)21-30(34-37)27-17-11-6-12-18-27;/h4-21,31H,1-3H3;/q-1;+1. The molecule has 3 aromatic carbocycles. The first-order valence-corrected chi connectivity index (χ1v) is 12.6. The van der Waals surface area contributed by atoms with Gasteiger partial charge in [-0.3, -0.25) is 0 Å². The Kier molecular flexibility index (Phi) is 7.97. The molecule has 0 unspecified atom stereocenters. The molecule has 0 bridgehead atoms. The van der Waals surface area contributed by atoms with Gasteiger partial charge in [0, 0.05) is 16.7 Å². The van der Waals surface area contributed by atoms with Crippen molar-refractivity contribution in [2.45, 2.75) is 20.8 Å². The van der Waals surface area contributed by atoms with Gasteiger partial charge in [-0.2, -0.15) is 0 Å². The second-order valence-electron chi connectivity index (χ2n) is 9.53. The van der Waals surface area contributed by atoms with Gasteiger partial charge in [-0.15, -0.1) is 0 Å². The van der Waals surface area contributed by atoms with Gasteiger partial charge in [-0.25, -0.2) is 15.3 Å². The number of nitrogens with zero attached hydrogens (tertiary/aromatic N) is 6. The summed E-state index contributed by atoms with van der Waals surface area (Å²) in [5, 5.41) is 15.3. The summed E-state index contributed by atoms with van der Waals surface area (Å²) in [6.45, 7) is 6.31. The fourth-order valence-corrected chi connectivity index (χ4v) is 5.02. The Morgan fingerprint density at radius 3 is 0.974 bits per heavy atom. The molecule has 0 atom stereocenters. The Balaban J connectivity index is 0.00000294. The van der Waals surface area contributed by atoms with Crippen LogP contribution in [0.1, 0.15) is 17.1 Å². The SMILES string of the molecule is Cc1cc(-c2ccccc2)nn1[BH-](n1nc(-c2ccccc2)cc1C)n1nc(-c2ccccc2)cc1C.[K+]. The molecule has 3 heterocycles. The summed E-state index contributed by atoms with van der Waals surface area (Å²) in [6, 6.07) is 37.3. The molecule has 0 aliphatic rings. The van der Waals surface area contributed by atoms with Gasteiger partial charge in [0.15, 0.2) is 0 Å². The van der Waals surface area contributed by atoms with Crippen molar-refractivity contribution in [2.75, 3.05) is 0 Å². The molecule has 38 heavy (non-hydrogen) atoms. The Morgan fingerprint density at radius 2 is 0.711 bits per heavy atom. The molecule has 0 N–H and O–H groups in total. The molecular formula is C30H28BKN6. The van der Waals surface area contributed by atoms with E-state index in [9.17, 15) is 0 Å². The summed E-state index contributed by atoms with van der Waals surface area (Å²) in [4.78, 5) is 0. The number of benzene rings is 3. The molecule has 0 fully saturated rings. The second kappa shape index (κ2) is 11.4. The van der Waals surface area contributed by atoms with E-state index in [2.05, 4.69) is 89.1 Å². The van der Waals surface area contributed by atoms with Gasteiger partial charge in [-0.1, -0.05) is 91.0 Å². The van der Waals surface area contributed by atoms with E-state index in [-0.39, 0.29) is 51.4 Å². The third-order valence-electron chi connectivity index (χ3n) is 6.96. The van der Waals surface area contributed by atoms with Crippen LogP contribution in [0.2, 0.25) is 0 Å². The van der Waals surface area contributed by atoms with Gasteiger partial charge in [0.25, 0.3) is 0 Å². The summed E-state index contributed by atoms with van der Waals surface area (Å²) < 4.78 is 6.31. The molecule has 3 aromatic heterocycles. The minimum Gasteiger partial charge on any atom is -0.400 e. The van der Waals surface area contributed by atoms with Gasteiger partial charge < -0.3 is 13.8 Å². The summed E-state index contributed by atoms with van der Waals surface area (Å²) in [6.07, 6.45) is 0. The van der Waals surface area contributed by atoms with Crippen LogP contribution in [0.3, 0.4) is 0 Å². The molecule has 0 amide bonds. The maximum atomic E-state index is 5.11. The van der Waals surface area contributed by atoms with Crippen molar-refractivity contribution in [2.24, 2.45) is 0 Å². The topological polar surface area (TPSA) is 53.5 Å². The molecule has 8 heteroatoms. The molecule has 6 aromatic rings. The zero-order valence-corrected chi connectivity index (χ0v) is 25.4. The monoisotopic (exact) mass is 522 g/mol. The van der Waals surface area contributed by atoms with Gasteiger partial charge in [-0.05, 0) is 56.1 Å². The van der Waals surface area contributed by atoms with Crippen LogP contribution >= 0.6 is 0 Å². The van der Waals surface area contributed by atoms with Gasteiger partial charge in [0.05, 0.1) is 17.1 Å². The summed E-state index contributed by atoms with van der Waals surface area (Å²) in [7, 11) is -1.55. The molecule has 6 rings (SSSR count). The smallest absolute Gasteiger partial charge is 0.400 e. The largest absolute Gasteiger partial charge is 1.00 e. The van der Waals surface area contributed by atoms with Crippen molar-refractivity contribution in [3.8, 4) is 33.8 Å². The van der Waals surface area contributed by atoms with Crippen LogP contribution in [0.25, 0.3) is 33.8 Å². The number of rotatable bonds is 6. The van der Waals surface area contributed by atoms with E-state index < -0.39 is 7.12 Å². The fourth-order valence-electron chi connectivity index (χ4n) is 5.02. The average molecular weight is 523 g/mol. The van der Waals surface area contributed by atoms with Crippen molar-refractivity contribution in [1.29, 1.82) is 0 Å². The van der Waals surface area contributed by atoms with Crippen LogP contribution in [-0.4, -0.2) is 36.2 Å². The Hall–Kier alpha value is -3.01. The van der Waals surface area contributed by atoms with Crippen molar-refractivity contribution < 1.29 is 51.4 Å². The van der Waals surface area contributed by atoms with Crippen LogP contribution in [-0.2, 0) is 0 Å². The van der Waals surface area contributed by atoms with Crippen LogP contribution < -0.4 is 51.4 Å². The Bertz CT molecular complexity index is 1460. The molecular weight excluding hydrogens is 494 g/mol. The summed E-state index contributed by atoms with van der Waals surface area (Å²) in [5.41, 5.74) is 9.28. The molecule has 182 valence electrons. The maximum absolute atomic E-state index is 5.11. The maximum Gasteiger partial charge on any atom is 1.00 e. The predicted molar refractivity (Wildman–Crippen MR) is 151 cm³/mol.